The van der Waals surface area contributed by atoms with Gasteiger partial charge in [0.1, 0.15) is 11.5 Å². The molecule has 2 N–H and O–H groups in total. The molecular formula is C28H32N4O4S. The van der Waals surface area contributed by atoms with Gasteiger partial charge in [-0.05, 0) is 43.4 Å². The van der Waals surface area contributed by atoms with E-state index in [4.69, 9.17) is 9.47 Å². The topological polar surface area (TPSA) is 92.8 Å². The summed E-state index contributed by atoms with van der Waals surface area (Å²) in [7, 11) is 3.09. The number of thiazole rings is 1. The Kier molecular flexibility index (Phi) is 7.71. The zero-order valence-electron chi connectivity index (χ0n) is 21.2. The van der Waals surface area contributed by atoms with Crippen molar-refractivity contribution in [1.29, 1.82) is 0 Å². The lowest BCUT2D eigenvalue weighted by Gasteiger charge is -2.32. The normalized spacial score (nSPS) is 17.7. The lowest BCUT2D eigenvalue weighted by Crippen LogP contribution is -2.45. The van der Waals surface area contributed by atoms with E-state index in [1.807, 2.05) is 6.07 Å². The van der Waals surface area contributed by atoms with Gasteiger partial charge >= 0.3 is 0 Å². The summed E-state index contributed by atoms with van der Waals surface area (Å²) in [6.45, 7) is 2.89. The van der Waals surface area contributed by atoms with Crippen LogP contribution in [0.4, 0.5) is 5.13 Å². The molecule has 0 spiro atoms. The number of aryl methyl sites for hydroxylation is 1. The second-order valence-electron chi connectivity index (χ2n) is 9.52. The minimum atomic E-state index is -0.298. The molecule has 0 radical (unpaired) electrons. The van der Waals surface area contributed by atoms with E-state index in [0.717, 1.165) is 55.9 Å². The van der Waals surface area contributed by atoms with Crippen LogP contribution in [0.3, 0.4) is 0 Å². The van der Waals surface area contributed by atoms with Crippen LogP contribution in [0.1, 0.15) is 51.7 Å². The average Bonchev–Trinajstić information content (AvgIpc) is 3.50. The largest absolute Gasteiger partial charge is 0.497 e. The lowest BCUT2D eigenvalue weighted by molar-refractivity contribution is -0.123. The minimum absolute atomic E-state index is 0.0426. The third kappa shape index (κ3) is 5.94. The number of anilines is 1. The molecule has 1 aliphatic carbocycles. The molecule has 1 fully saturated rings. The molecule has 194 valence electrons. The number of nitrogens with one attached hydrogen (secondary N) is 2. The maximum absolute atomic E-state index is 13.2. The number of nitrogens with zero attached hydrogens (tertiary/aromatic N) is 2. The number of carbonyl (C=O) groups excluding carboxylic acids is 2. The van der Waals surface area contributed by atoms with E-state index in [0.29, 0.717) is 22.2 Å². The molecule has 0 saturated carbocycles. The Hall–Kier alpha value is -3.43. The van der Waals surface area contributed by atoms with Crippen molar-refractivity contribution in [2.24, 2.45) is 0 Å². The summed E-state index contributed by atoms with van der Waals surface area (Å²) in [5.74, 6) is 0.549. The smallest absolute Gasteiger partial charge is 0.257 e. The van der Waals surface area contributed by atoms with Crippen molar-refractivity contribution in [2.45, 2.75) is 44.2 Å². The number of aromatic nitrogens is 1. The molecule has 37 heavy (non-hydrogen) atoms. The van der Waals surface area contributed by atoms with E-state index in [1.54, 1.807) is 32.4 Å². The summed E-state index contributed by atoms with van der Waals surface area (Å²) in [5, 5.41) is 6.65. The molecular weight excluding hydrogens is 488 g/mol. The highest BCUT2D eigenvalue weighted by Crippen LogP contribution is 2.39. The number of hydrogen-bond donors (Lipinski definition) is 2. The van der Waals surface area contributed by atoms with Gasteiger partial charge in [0.05, 0.1) is 25.8 Å². The Morgan fingerprint density at radius 3 is 2.41 bits per heavy atom. The highest BCUT2D eigenvalue weighted by atomic mass is 32.1. The van der Waals surface area contributed by atoms with E-state index < -0.39 is 0 Å². The number of hydrogen-bond acceptors (Lipinski definition) is 7. The van der Waals surface area contributed by atoms with Gasteiger partial charge < -0.3 is 14.8 Å². The van der Waals surface area contributed by atoms with Gasteiger partial charge in [-0.3, -0.25) is 19.8 Å². The third-order valence-corrected chi connectivity index (χ3v) is 8.10. The number of likely N-dealkylation sites (tertiary alicyclic amines) is 1. The molecule has 2 amide bonds. The first-order valence-electron chi connectivity index (χ1n) is 12.6. The quantitative estimate of drug-likeness (QED) is 0.462. The van der Waals surface area contributed by atoms with Gasteiger partial charge in [0.15, 0.2) is 5.13 Å². The molecule has 9 heteroatoms. The molecule has 1 aliphatic heterocycles. The fourth-order valence-electron chi connectivity index (χ4n) is 5.02. The number of amides is 2. The first-order chi connectivity index (χ1) is 18.0. The molecule has 1 unspecified atom stereocenters. The fourth-order valence-corrected chi connectivity index (χ4v) is 6.06. The van der Waals surface area contributed by atoms with Crippen molar-refractivity contribution < 1.29 is 19.1 Å². The van der Waals surface area contributed by atoms with Gasteiger partial charge in [-0.1, -0.05) is 30.3 Å². The predicted octanol–water partition coefficient (Wildman–Crippen LogP) is 4.22. The molecule has 3 aromatic rings. The molecule has 5 rings (SSSR count). The summed E-state index contributed by atoms with van der Waals surface area (Å²) in [5.41, 5.74) is 2.53. The van der Waals surface area contributed by atoms with Crippen LogP contribution in [0, 0.1) is 0 Å². The average molecular weight is 521 g/mol. The Balaban J connectivity index is 1.16. The summed E-state index contributed by atoms with van der Waals surface area (Å²) in [4.78, 5) is 34.2. The zero-order chi connectivity index (χ0) is 25.8. The Morgan fingerprint density at radius 2 is 1.73 bits per heavy atom. The number of rotatable bonds is 8. The van der Waals surface area contributed by atoms with Gasteiger partial charge in [0, 0.05) is 42.2 Å². The zero-order valence-corrected chi connectivity index (χ0v) is 22.0. The van der Waals surface area contributed by atoms with E-state index in [9.17, 15) is 9.59 Å². The SMILES string of the molecule is COc1cc(OC)cc(C(=O)Nc2nc3c(s2)CCC3C(=O)NC2CCN(Cc3ccccc3)CC2)c1. The van der Waals surface area contributed by atoms with E-state index in [-0.39, 0.29) is 23.8 Å². The van der Waals surface area contributed by atoms with Gasteiger partial charge in [-0.15, -0.1) is 11.3 Å². The second-order valence-corrected chi connectivity index (χ2v) is 10.6. The van der Waals surface area contributed by atoms with Crippen molar-refractivity contribution in [1.82, 2.24) is 15.2 Å². The van der Waals surface area contributed by atoms with Crippen LogP contribution in [-0.2, 0) is 17.8 Å². The molecule has 1 atom stereocenters. The molecule has 2 heterocycles. The van der Waals surface area contributed by atoms with Crippen molar-refractivity contribution in [3.8, 4) is 11.5 Å². The number of benzene rings is 2. The maximum Gasteiger partial charge on any atom is 0.257 e. The van der Waals surface area contributed by atoms with E-state index in [1.165, 1.54) is 16.9 Å². The number of piperidine rings is 1. The van der Waals surface area contributed by atoms with Crippen LogP contribution in [-0.4, -0.2) is 55.0 Å². The second kappa shape index (κ2) is 11.3. The summed E-state index contributed by atoms with van der Waals surface area (Å²) in [6.07, 6.45) is 3.44. The van der Waals surface area contributed by atoms with Crippen molar-refractivity contribution in [3.63, 3.8) is 0 Å². The fraction of sp³-hybridized carbons (Fsp3) is 0.393. The van der Waals surface area contributed by atoms with Crippen LogP contribution in [0.25, 0.3) is 0 Å². The molecule has 2 aromatic carbocycles. The van der Waals surface area contributed by atoms with Gasteiger partial charge in [-0.25, -0.2) is 4.98 Å². The lowest BCUT2D eigenvalue weighted by atomic mass is 10.0. The highest BCUT2D eigenvalue weighted by molar-refractivity contribution is 7.16. The Bertz CT molecular complexity index is 1230. The predicted molar refractivity (Wildman–Crippen MR) is 144 cm³/mol. The molecule has 1 aromatic heterocycles. The van der Waals surface area contributed by atoms with E-state index in [2.05, 4.69) is 44.8 Å². The van der Waals surface area contributed by atoms with E-state index >= 15 is 0 Å². The monoisotopic (exact) mass is 520 g/mol. The van der Waals surface area contributed by atoms with Gasteiger partial charge in [0.2, 0.25) is 5.91 Å². The number of carbonyl (C=O) groups is 2. The first-order valence-corrected chi connectivity index (χ1v) is 13.4. The van der Waals surface area contributed by atoms with Crippen LogP contribution in [0.15, 0.2) is 48.5 Å². The minimum Gasteiger partial charge on any atom is -0.497 e. The maximum atomic E-state index is 13.2. The van der Waals surface area contributed by atoms with Crippen molar-refractivity contribution in [2.75, 3.05) is 32.6 Å². The highest BCUT2D eigenvalue weighted by Gasteiger charge is 2.34. The van der Waals surface area contributed by atoms with Gasteiger partial charge in [0.25, 0.3) is 5.91 Å². The van der Waals surface area contributed by atoms with Crippen LogP contribution in [0.5, 0.6) is 11.5 Å². The van der Waals surface area contributed by atoms with Crippen molar-refractivity contribution in [3.05, 3.63) is 70.2 Å². The molecule has 1 saturated heterocycles. The standard InChI is InChI=1S/C28H32N4O4S/c1-35-21-14-19(15-22(16-21)36-2)26(33)31-28-30-25-23(8-9-24(25)37-28)27(34)29-20-10-12-32(13-11-20)17-18-6-4-3-5-7-18/h3-7,14-16,20,23H,8-13,17H2,1-2H3,(H,29,34)(H,30,31,33). The van der Waals surface area contributed by atoms with Crippen LogP contribution >= 0.6 is 11.3 Å². The third-order valence-electron chi connectivity index (χ3n) is 7.05. The van der Waals surface area contributed by atoms with Crippen LogP contribution < -0.4 is 20.1 Å². The van der Waals surface area contributed by atoms with Gasteiger partial charge in [-0.2, -0.15) is 0 Å². The molecule has 2 aliphatic rings. The number of fused-ring (bicyclic) bond motifs is 1. The molecule has 8 nitrogen and oxygen atoms in total. The first kappa shape index (κ1) is 25.2. The number of ether oxygens (including phenoxy) is 2. The summed E-state index contributed by atoms with van der Waals surface area (Å²) < 4.78 is 10.5. The molecule has 0 bridgehead atoms. The summed E-state index contributed by atoms with van der Waals surface area (Å²) >= 11 is 1.44. The van der Waals surface area contributed by atoms with Crippen LogP contribution in [0.2, 0.25) is 0 Å². The Labute approximate surface area is 221 Å². The number of methoxy groups -OCH3 is 2. The Morgan fingerprint density at radius 1 is 1.03 bits per heavy atom. The summed E-state index contributed by atoms with van der Waals surface area (Å²) in [6, 6.07) is 15.7. The van der Waals surface area contributed by atoms with Crippen molar-refractivity contribution >= 4 is 28.3 Å².